The summed E-state index contributed by atoms with van der Waals surface area (Å²) in [5.41, 5.74) is 10.9. The van der Waals surface area contributed by atoms with E-state index in [4.69, 9.17) is 22.1 Å². The number of halogens is 7. The predicted octanol–water partition coefficient (Wildman–Crippen LogP) is 8.84. The van der Waals surface area contributed by atoms with Crippen molar-refractivity contribution >= 4 is 45.0 Å². The number of methoxy groups -OCH3 is 1. The maximum Gasteiger partial charge on any atom is 0.153 e. The van der Waals surface area contributed by atoms with Crippen molar-refractivity contribution in [1.82, 2.24) is 35.2 Å². The lowest BCUT2D eigenvalue weighted by Gasteiger charge is -2.47. The van der Waals surface area contributed by atoms with Gasteiger partial charge in [-0.05, 0) is 35.9 Å². The first-order valence-electron chi connectivity index (χ1n) is 19.9. The van der Waals surface area contributed by atoms with Crippen LogP contribution in [-0.4, -0.2) is 75.9 Å². The summed E-state index contributed by atoms with van der Waals surface area (Å²) >= 11 is 6.20. The fourth-order valence-corrected chi connectivity index (χ4v) is 8.68. The number of aromatic nitrogens is 6. The maximum absolute atomic E-state index is 15.6. The quantitative estimate of drug-likeness (QED) is 0.0742. The van der Waals surface area contributed by atoms with Crippen LogP contribution in [0.2, 0.25) is 5.02 Å². The van der Waals surface area contributed by atoms with E-state index in [2.05, 4.69) is 40.1 Å². The first-order valence-corrected chi connectivity index (χ1v) is 20.2. The van der Waals surface area contributed by atoms with E-state index >= 15 is 4.39 Å². The highest BCUT2D eigenvalue weighted by atomic mass is 35.5. The Morgan fingerprint density at radius 1 is 0.714 bits per heavy atom. The number of imidazole rings is 2. The molecule has 10 rings (SSSR count). The van der Waals surface area contributed by atoms with Crippen molar-refractivity contribution in [3.05, 3.63) is 125 Å². The summed E-state index contributed by atoms with van der Waals surface area (Å²) in [4.78, 5) is 27.8. The van der Waals surface area contributed by atoms with Crippen LogP contribution in [0.1, 0.15) is 0 Å². The number of hydrogen-bond acceptors (Lipinski definition) is 9. The second kappa shape index (κ2) is 15.9. The number of pyridine rings is 2. The third-order valence-electron chi connectivity index (χ3n) is 11.7. The van der Waals surface area contributed by atoms with Gasteiger partial charge in [0.25, 0.3) is 0 Å². The van der Waals surface area contributed by atoms with Crippen LogP contribution in [0, 0.1) is 46.7 Å². The van der Waals surface area contributed by atoms with Gasteiger partial charge in [0.1, 0.15) is 51.7 Å². The standard InChI is InChI=1S/C45H35ClF6N10O/c1-63-27-6-22(5-24(47)7-27)29-13-54-15-31(44-57-36-10-25(48)8-34(50)39(36)59-44)41(29)61-17-21(18-61)12-56-43(53)23-19-62(20-23)42-30(28-3-2-4-33(46)38(28)52)14-55-16-32(42)45-58-37-11-26(49)9-35(51)40(37)60-45/h2-11,13-16,21,23,43,56H,12,17-20,53H2,1H3,(H,57,59)(H,58,60). The van der Waals surface area contributed by atoms with Gasteiger partial charge >= 0.3 is 0 Å². The van der Waals surface area contributed by atoms with E-state index in [1.165, 1.54) is 43.8 Å². The average molecular weight is 881 g/mol. The maximum atomic E-state index is 15.6. The Kier molecular flexibility index (Phi) is 10.2. The van der Waals surface area contributed by atoms with Gasteiger partial charge in [0, 0.05) is 104 Å². The van der Waals surface area contributed by atoms with Gasteiger partial charge in [0.05, 0.1) is 51.8 Å². The number of anilines is 2. The highest BCUT2D eigenvalue weighted by Gasteiger charge is 2.37. The molecule has 18 heteroatoms. The molecule has 6 heterocycles. The van der Waals surface area contributed by atoms with Crippen molar-refractivity contribution in [3.8, 4) is 50.8 Å². The molecule has 0 saturated carbocycles. The molecule has 0 spiro atoms. The zero-order valence-electron chi connectivity index (χ0n) is 33.2. The molecule has 2 fully saturated rings. The lowest BCUT2D eigenvalue weighted by atomic mass is 9.91. The smallest absolute Gasteiger partial charge is 0.153 e. The van der Waals surface area contributed by atoms with Crippen LogP contribution in [0.3, 0.4) is 0 Å². The fraction of sp³-hybridized carbons (Fsp3) is 0.200. The topological polar surface area (TPSA) is 137 Å². The van der Waals surface area contributed by atoms with Gasteiger partial charge in [-0.25, -0.2) is 36.3 Å². The number of hydrogen-bond donors (Lipinski definition) is 4. The van der Waals surface area contributed by atoms with E-state index < -0.39 is 41.1 Å². The molecule has 4 aromatic heterocycles. The number of nitrogens with two attached hydrogens (primary N) is 1. The highest BCUT2D eigenvalue weighted by Crippen LogP contribution is 2.45. The van der Waals surface area contributed by atoms with Gasteiger partial charge in [0.15, 0.2) is 11.6 Å². The number of aromatic amines is 2. The summed E-state index contributed by atoms with van der Waals surface area (Å²) in [5, 5.41) is 3.41. The van der Waals surface area contributed by atoms with Crippen molar-refractivity contribution in [2.45, 2.75) is 6.17 Å². The Morgan fingerprint density at radius 3 is 1.89 bits per heavy atom. The normalized spacial score (nSPS) is 15.0. The van der Waals surface area contributed by atoms with E-state index in [1.807, 2.05) is 4.90 Å². The van der Waals surface area contributed by atoms with Gasteiger partial charge in [-0.2, -0.15) is 0 Å². The number of H-pyrrole nitrogens is 2. The molecule has 8 aromatic rings. The minimum absolute atomic E-state index is 0.0287. The predicted molar refractivity (Wildman–Crippen MR) is 228 cm³/mol. The lowest BCUT2D eigenvalue weighted by Crippen LogP contribution is -2.61. The molecule has 11 nitrogen and oxygen atoms in total. The summed E-state index contributed by atoms with van der Waals surface area (Å²) in [6.45, 7) is 2.60. The molecule has 5 N–H and O–H groups in total. The van der Waals surface area contributed by atoms with Crippen LogP contribution in [-0.2, 0) is 0 Å². The first kappa shape index (κ1) is 40.4. The van der Waals surface area contributed by atoms with Crippen molar-refractivity contribution in [2.75, 3.05) is 49.6 Å². The molecule has 0 aliphatic carbocycles. The Labute approximate surface area is 359 Å². The van der Waals surface area contributed by atoms with Gasteiger partial charge in [-0.15, -0.1) is 0 Å². The van der Waals surface area contributed by atoms with Crippen LogP contribution in [0.15, 0.2) is 85.5 Å². The lowest BCUT2D eigenvalue weighted by molar-refractivity contribution is 0.273. The Bertz CT molecular complexity index is 3080. The van der Waals surface area contributed by atoms with Crippen LogP contribution in [0.4, 0.5) is 37.7 Å². The van der Waals surface area contributed by atoms with Crippen molar-refractivity contribution in [2.24, 2.45) is 17.6 Å². The Hall–Kier alpha value is -6.69. The molecule has 1 atom stereocenters. The second-order valence-corrected chi connectivity index (χ2v) is 16.2. The van der Waals surface area contributed by atoms with E-state index in [-0.39, 0.29) is 56.1 Å². The largest absolute Gasteiger partial charge is 0.497 e. The number of rotatable bonds is 11. The summed E-state index contributed by atoms with van der Waals surface area (Å²) in [7, 11) is 1.45. The van der Waals surface area contributed by atoms with Crippen molar-refractivity contribution in [3.63, 3.8) is 0 Å². The van der Waals surface area contributed by atoms with E-state index in [0.29, 0.717) is 77.7 Å². The van der Waals surface area contributed by atoms with E-state index in [1.54, 1.807) is 30.6 Å². The number of fused-ring (bicyclic) bond motifs is 2. The van der Waals surface area contributed by atoms with Crippen LogP contribution in [0.25, 0.3) is 67.1 Å². The molecular weight excluding hydrogens is 846 g/mol. The third kappa shape index (κ3) is 7.34. The number of benzene rings is 4. The van der Waals surface area contributed by atoms with Crippen molar-refractivity contribution in [1.29, 1.82) is 0 Å². The zero-order chi connectivity index (χ0) is 43.7. The van der Waals surface area contributed by atoms with Gasteiger partial charge < -0.3 is 35.6 Å². The molecule has 1 unspecified atom stereocenters. The minimum Gasteiger partial charge on any atom is -0.497 e. The van der Waals surface area contributed by atoms with Crippen molar-refractivity contribution < 1.29 is 31.1 Å². The van der Waals surface area contributed by atoms with E-state index in [9.17, 15) is 22.0 Å². The fourth-order valence-electron chi connectivity index (χ4n) is 8.50. The summed E-state index contributed by atoms with van der Waals surface area (Å²) in [5.74, 6) is -3.41. The summed E-state index contributed by atoms with van der Waals surface area (Å²) in [6.07, 6.45) is 5.83. The molecule has 4 aromatic carbocycles. The summed E-state index contributed by atoms with van der Waals surface area (Å²) < 4.78 is 93.6. The summed E-state index contributed by atoms with van der Waals surface area (Å²) in [6, 6.07) is 12.9. The van der Waals surface area contributed by atoms with E-state index in [0.717, 1.165) is 18.2 Å². The average Bonchev–Trinajstić information content (AvgIpc) is 3.86. The highest BCUT2D eigenvalue weighted by molar-refractivity contribution is 6.31. The van der Waals surface area contributed by atoms with Crippen LogP contribution < -0.4 is 25.6 Å². The molecule has 320 valence electrons. The Balaban J connectivity index is 0.882. The van der Waals surface area contributed by atoms with Crippen LogP contribution in [0.5, 0.6) is 5.75 Å². The molecule has 2 aliphatic heterocycles. The number of nitrogens with zero attached hydrogens (tertiary/aromatic N) is 6. The second-order valence-electron chi connectivity index (χ2n) is 15.8. The molecule has 0 bridgehead atoms. The minimum atomic E-state index is -0.829. The first-order chi connectivity index (χ1) is 30.4. The molecule has 2 saturated heterocycles. The molecule has 2 aliphatic rings. The third-order valence-corrected chi connectivity index (χ3v) is 12.0. The van der Waals surface area contributed by atoms with Gasteiger partial charge in [-0.3, -0.25) is 9.97 Å². The molecule has 63 heavy (non-hydrogen) atoms. The zero-order valence-corrected chi connectivity index (χ0v) is 33.9. The number of nitrogens with one attached hydrogen (secondary N) is 3. The van der Waals surface area contributed by atoms with Gasteiger partial charge in [-0.1, -0.05) is 23.7 Å². The van der Waals surface area contributed by atoms with Crippen LogP contribution >= 0.6 is 11.6 Å². The Morgan fingerprint density at radius 2 is 1.27 bits per heavy atom. The SMILES string of the molecule is COc1cc(F)cc(-c2cncc(-c3nc4c(F)cc(F)cc4[nH]3)c2N2CC(CNC(N)C3CN(c4c(-c5nc6c(F)cc(F)cc6[nH]5)cncc4-c4cccc(Cl)c4F)C3)C2)c1. The monoisotopic (exact) mass is 880 g/mol. The molecular formula is C45H35ClF6N10O. The molecule has 0 amide bonds. The van der Waals surface area contributed by atoms with Gasteiger partial charge in [0.2, 0.25) is 0 Å². The number of ether oxygens (including phenoxy) is 1. The molecule has 0 radical (unpaired) electrons.